The average Bonchev–Trinajstić information content (AvgIpc) is 2.41. The summed E-state index contributed by atoms with van der Waals surface area (Å²) in [7, 11) is 0. The van der Waals surface area contributed by atoms with Crippen LogP contribution in [0.3, 0.4) is 0 Å². The van der Waals surface area contributed by atoms with Crippen LogP contribution in [-0.4, -0.2) is 48.6 Å². The van der Waals surface area contributed by atoms with Crippen molar-refractivity contribution in [2.24, 2.45) is 0 Å². The van der Waals surface area contributed by atoms with E-state index >= 15 is 0 Å². The molecule has 1 atom stereocenters. The van der Waals surface area contributed by atoms with Gasteiger partial charge in [-0.15, -0.1) is 0 Å². The fourth-order valence-corrected chi connectivity index (χ4v) is 1.88. The first-order valence-electron chi connectivity index (χ1n) is 7.19. The summed E-state index contributed by atoms with van der Waals surface area (Å²) >= 11 is 0. The normalized spacial score (nSPS) is 12.6. The highest BCUT2D eigenvalue weighted by atomic mass is 16.5. The lowest BCUT2D eigenvalue weighted by Gasteiger charge is -2.27. The van der Waals surface area contributed by atoms with Crippen LogP contribution in [0.5, 0.6) is 0 Å². The van der Waals surface area contributed by atoms with E-state index < -0.39 is 0 Å². The van der Waals surface area contributed by atoms with Crippen LogP contribution in [0, 0.1) is 0 Å². The molecule has 0 aliphatic rings. The summed E-state index contributed by atoms with van der Waals surface area (Å²) in [6.07, 6.45) is 1.83. The molecule has 0 bridgehead atoms. The molecule has 0 fully saturated rings. The summed E-state index contributed by atoms with van der Waals surface area (Å²) in [5.74, 6) is -0.314. The zero-order chi connectivity index (χ0) is 14.8. The van der Waals surface area contributed by atoms with Crippen LogP contribution in [0.1, 0.15) is 47.5 Å². The van der Waals surface area contributed by atoms with Crippen molar-refractivity contribution >= 4 is 11.9 Å². The summed E-state index contributed by atoms with van der Waals surface area (Å²) in [6.45, 7) is 10.8. The zero-order valence-corrected chi connectivity index (χ0v) is 12.9. The second-order valence-electron chi connectivity index (χ2n) is 4.57. The van der Waals surface area contributed by atoms with Gasteiger partial charge < -0.3 is 10.1 Å². The molecule has 1 unspecified atom stereocenters. The van der Waals surface area contributed by atoms with Gasteiger partial charge in [0.1, 0.15) is 0 Å². The van der Waals surface area contributed by atoms with Crippen molar-refractivity contribution in [2.45, 2.75) is 59.5 Å². The van der Waals surface area contributed by atoms with Gasteiger partial charge in [0.05, 0.1) is 19.2 Å². The van der Waals surface area contributed by atoms with Gasteiger partial charge in [0.2, 0.25) is 5.91 Å². The van der Waals surface area contributed by atoms with E-state index in [0.717, 1.165) is 12.8 Å². The fourth-order valence-electron chi connectivity index (χ4n) is 1.88. The largest absolute Gasteiger partial charge is 0.465 e. The Bertz CT molecular complexity index is 278. The van der Waals surface area contributed by atoms with Crippen LogP contribution in [0.25, 0.3) is 0 Å². The van der Waals surface area contributed by atoms with E-state index in [0.29, 0.717) is 13.2 Å². The third kappa shape index (κ3) is 6.57. The molecule has 1 N–H and O–H groups in total. The van der Waals surface area contributed by atoms with Crippen molar-refractivity contribution in [1.82, 2.24) is 10.2 Å². The Balaban J connectivity index is 4.43. The lowest BCUT2D eigenvalue weighted by Crippen LogP contribution is -2.49. The Hall–Kier alpha value is -1.10. The molecule has 1 amide bonds. The standard InChI is InChI=1S/C14H28N2O3/c1-6-12(7-2)15-14(18)11(5)16(8-3)10-13(17)19-9-4/h11-12H,6-10H2,1-5H3,(H,15,18). The maximum Gasteiger partial charge on any atom is 0.320 e. The highest BCUT2D eigenvalue weighted by Gasteiger charge is 2.23. The minimum atomic E-state index is -0.324. The number of rotatable bonds is 9. The van der Waals surface area contributed by atoms with Crippen LogP contribution in [0.2, 0.25) is 0 Å². The van der Waals surface area contributed by atoms with Gasteiger partial charge in [-0.3, -0.25) is 14.5 Å². The minimum Gasteiger partial charge on any atom is -0.465 e. The smallest absolute Gasteiger partial charge is 0.320 e. The number of nitrogens with zero attached hydrogens (tertiary/aromatic N) is 1. The third-order valence-corrected chi connectivity index (χ3v) is 3.30. The minimum absolute atomic E-state index is 0.0279. The van der Waals surface area contributed by atoms with Crippen molar-refractivity contribution in [1.29, 1.82) is 0 Å². The second kappa shape index (κ2) is 9.78. The first-order valence-corrected chi connectivity index (χ1v) is 7.19. The van der Waals surface area contributed by atoms with Gasteiger partial charge in [0.15, 0.2) is 0 Å². The number of hydrogen-bond acceptors (Lipinski definition) is 4. The molecule has 5 heteroatoms. The lowest BCUT2D eigenvalue weighted by atomic mass is 10.1. The number of esters is 1. The lowest BCUT2D eigenvalue weighted by molar-refractivity contribution is -0.145. The zero-order valence-electron chi connectivity index (χ0n) is 12.9. The quantitative estimate of drug-likeness (QED) is 0.647. The molecule has 0 aliphatic heterocycles. The summed E-state index contributed by atoms with van der Waals surface area (Å²) in [4.78, 5) is 25.4. The number of carbonyl (C=O) groups is 2. The molecule has 0 saturated heterocycles. The van der Waals surface area contributed by atoms with E-state index in [9.17, 15) is 9.59 Å². The van der Waals surface area contributed by atoms with Gasteiger partial charge >= 0.3 is 5.97 Å². The molecule has 5 nitrogen and oxygen atoms in total. The Morgan fingerprint density at radius 2 is 1.74 bits per heavy atom. The molecule has 0 heterocycles. The van der Waals surface area contributed by atoms with Crippen LogP contribution in [-0.2, 0) is 14.3 Å². The highest BCUT2D eigenvalue weighted by molar-refractivity contribution is 5.82. The molecule has 112 valence electrons. The van der Waals surface area contributed by atoms with Crippen LogP contribution < -0.4 is 5.32 Å². The predicted octanol–water partition coefficient (Wildman–Crippen LogP) is 1.56. The molecule has 0 saturated carbocycles. The van der Waals surface area contributed by atoms with Crippen molar-refractivity contribution in [3.8, 4) is 0 Å². The molecule has 0 rings (SSSR count). The molecule has 0 aliphatic carbocycles. The first kappa shape index (κ1) is 17.9. The van der Waals surface area contributed by atoms with E-state index in [4.69, 9.17) is 4.74 Å². The summed E-state index contributed by atoms with van der Waals surface area (Å²) in [5, 5.41) is 3.00. The maximum atomic E-state index is 12.1. The van der Waals surface area contributed by atoms with Gasteiger partial charge in [0.25, 0.3) is 0 Å². The fraction of sp³-hybridized carbons (Fsp3) is 0.857. The molecule has 0 aromatic carbocycles. The maximum absolute atomic E-state index is 12.1. The van der Waals surface area contributed by atoms with Crippen LogP contribution in [0.15, 0.2) is 0 Å². The molecule has 0 aromatic heterocycles. The Kier molecular flexibility index (Phi) is 9.21. The van der Waals surface area contributed by atoms with E-state index in [1.807, 2.05) is 18.7 Å². The number of ether oxygens (including phenoxy) is 1. The number of amides is 1. The topological polar surface area (TPSA) is 58.6 Å². The van der Waals surface area contributed by atoms with Gasteiger partial charge in [0, 0.05) is 6.04 Å². The van der Waals surface area contributed by atoms with E-state index in [1.165, 1.54) is 0 Å². The first-order chi connectivity index (χ1) is 8.99. The average molecular weight is 272 g/mol. The molecule has 0 spiro atoms. The predicted molar refractivity (Wildman–Crippen MR) is 75.9 cm³/mol. The summed E-state index contributed by atoms with van der Waals surface area (Å²) in [5.41, 5.74) is 0. The van der Waals surface area contributed by atoms with Gasteiger partial charge in [-0.05, 0) is 33.2 Å². The SMILES string of the molecule is CCOC(=O)CN(CC)C(C)C(=O)NC(CC)CC. The number of hydrogen-bond donors (Lipinski definition) is 1. The van der Waals surface area contributed by atoms with Crippen molar-refractivity contribution < 1.29 is 14.3 Å². The summed E-state index contributed by atoms with van der Waals surface area (Å²) in [6, 6.07) is -0.119. The number of nitrogens with one attached hydrogen (secondary N) is 1. The monoisotopic (exact) mass is 272 g/mol. The van der Waals surface area contributed by atoms with E-state index in [-0.39, 0.29) is 30.5 Å². The molecule has 0 radical (unpaired) electrons. The second-order valence-corrected chi connectivity index (χ2v) is 4.57. The molecule has 0 aromatic rings. The van der Waals surface area contributed by atoms with Gasteiger partial charge in [-0.2, -0.15) is 0 Å². The third-order valence-electron chi connectivity index (χ3n) is 3.30. The highest BCUT2D eigenvalue weighted by Crippen LogP contribution is 2.03. The van der Waals surface area contributed by atoms with Crippen molar-refractivity contribution in [3.63, 3.8) is 0 Å². The molecule has 19 heavy (non-hydrogen) atoms. The van der Waals surface area contributed by atoms with E-state index in [2.05, 4.69) is 19.2 Å². The van der Waals surface area contributed by atoms with Gasteiger partial charge in [-0.25, -0.2) is 0 Å². The molecular weight excluding hydrogens is 244 g/mol. The van der Waals surface area contributed by atoms with Crippen LogP contribution >= 0.6 is 0 Å². The Labute approximate surface area is 116 Å². The molecular formula is C14H28N2O3. The Morgan fingerprint density at radius 1 is 1.16 bits per heavy atom. The van der Waals surface area contributed by atoms with E-state index in [1.54, 1.807) is 6.92 Å². The number of likely N-dealkylation sites (N-methyl/N-ethyl adjacent to an activating group) is 1. The van der Waals surface area contributed by atoms with Crippen molar-refractivity contribution in [3.05, 3.63) is 0 Å². The van der Waals surface area contributed by atoms with Crippen LogP contribution in [0.4, 0.5) is 0 Å². The van der Waals surface area contributed by atoms with Gasteiger partial charge in [-0.1, -0.05) is 20.8 Å². The van der Waals surface area contributed by atoms with Crippen molar-refractivity contribution in [2.75, 3.05) is 19.7 Å². The Morgan fingerprint density at radius 3 is 2.16 bits per heavy atom. The number of carbonyl (C=O) groups excluding carboxylic acids is 2. The summed E-state index contributed by atoms with van der Waals surface area (Å²) < 4.78 is 4.92.